The molecular formula is C25H29FN2O2S. The highest BCUT2D eigenvalue weighted by atomic mass is 32.1. The number of nitrogens with one attached hydrogen (secondary N) is 1. The molecule has 1 aliphatic rings. The Balaban J connectivity index is 1.28. The molecule has 1 N–H and O–H groups in total. The zero-order valence-corrected chi connectivity index (χ0v) is 18.8. The first kappa shape index (κ1) is 21.8. The molecule has 0 bridgehead atoms. The van der Waals surface area contributed by atoms with E-state index in [9.17, 15) is 9.18 Å². The molecule has 0 spiro atoms. The molecule has 0 aliphatic heterocycles. The molecule has 0 saturated heterocycles. The van der Waals surface area contributed by atoms with E-state index in [0.29, 0.717) is 24.1 Å². The van der Waals surface area contributed by atoms with Crippen LogP contribution in [0.5, 0.6) is 5.75 Å². The molecule has 1 unspecified atom stereocenters. The van der Waals surface area contributed by atoms with E-state index in [1.165, 1.54) is 6.07 Å². The molecule has 1 heterocycles. The number of benzene rings is 2. The van der Waals surface area contributed by atoms with Crippen LogP contribution in [0.3, 0.4) is 0 Å². The van der Waals surface area contributed by atoms with Crippen LogP contribution in [-0.2, 0) is 0 Å². The van der Waals surface area contributed by atoms with Gasteiger partial charge in [-0.3, -0.25) is 0 Å². The summed E-state index contributed by atoms with van der Waals surface area (Å²) in [4.78, 5) is 14.5. The van der Waals surface area contributed by atoms with E-state index in [1.807, 2.05) is 35.7 Å². The Morgan fingerprint density at radius 3 is 2.68 bits per heavy atom. The van der Waals surface area contributed by atoms with Crippen molar-refractivity contribution >= 4 is 27.5 Å². The minimum absolute atomic E-state index is 0.181. The van der Waals surface area contributed by atoms with Crippen molar-refractivity contribution < 1.29 is 13.9 Å². The van der Waals surface area contributed by atoms with E-state index >= 15 is 0 Å². The first-order valence-corrected chi connectivity index (χ1v) is 11.7. The average Bonchev–Trinajstić information content (AvgIpc) is 3.16. The molecule has 2 aromatic carbocycles. The number of halogens is 1. The molecule has 4 nitrogen and oxygen atoms in total. The van der Waals surface area contributed by atoms with E-state index in [4.69, 9.17) is 4.74 Å². The summed E-state index contributed by atoms with van der Waals surface area (Å²) in [5.74, 6) is 1.36. The third-order valence-corrected chi connectivity index (χ3v) is 7.21. The number of fused-ring (bicyclic) bond motifs is 1. The summed E-state index contributed by atoms with van der Waals surface area (Å²) in [6.07, 6.45) is 3.83. The lowest BCUT2D eigenvalue weighted by atomic mass is 9.76. The molecule has 4 rings (SSSR count). The molecular weight excluding hydrogens is 411 g/mol. The van der Waals surface area contributed by atoms with E-state index in [-0.39, 0.29) is 11.9 Å². The highest BCUT2D eigenvalue weighted by molar-refractivity contribution is 7.17. The Bertz CT molecular complexity index is 1030. The van der Waals surface area contributed by atoms with Gasteiger partial charge in [0.1, 0.15) is 5.82 Å². The Hall–Kier alpha value is -2.44. The summed E-state index contributed by atoms with van der Waals surface area (Å²) in [5.41, 5.74) is 1.04. The normalized spacial score (nSPS) is 20.0. The van der Waals surface area contributed by atoms with Crippen LogP contribution in [-0.4, -0.2) is 31.6 Å². The van der Waals surface area contributed by atoms with Crippen molar-refractivity contribution in [2.24, 2.45) is 11.8 Å². The van der Waals surface area contributed by atoms with Gasteiger partial charge in [-0.1, -0.05) is 24.3 Å². The second kappa shape index (κ2) is 9.79. The highest BCUT2D eigenvalue weighted by Gasteiger charge is 2.30. The topological polar surface area (TPSA) is 41.6 Å². The minimum Gasteiger partial charge on any atom is -0.409 e. The van der Waals surface area contributed by atoms with Crippen molar-refractivity contribution in [3.8, 4) is 5.75 Å². The number of ether oxygens (including phenoxy) is 1. The van der Waals surface area contributed by atoms with Crippen molar-refractivity contribution in [1.82, 2.24) is 10.2 Å². The fourth-order valence-electron chi connectivity index (χ4n) is 4.79. The molecule has 0 radical (unpaired) electrons. The van der Waals surface area contributed by atoms with E-state index in [1.54, 1.807) is 23.5 Å². The Labute approximate surface area is 187 Å². The van der Waals surface area contributed by atoms with Crippen LogP contribution in [0.4, 0.5) is 9.18 Å². The second-order valence-electron chi connectivity index (χ2n) is 8.61. The van der Waals surface area contributed by atoms with Gasteiger partial charge in [0.25, 0.3) is 0 Å². The van der Waals surface area contributed by atoms with E-state index in [2.05, 4.69) is 24.3 Å². The number of nitrogens with zero attached hydrogens (tertiary/aromatic N) is 1. The fourth-order valence-corrected chi connectivity index (χ4v) is 5.65. The van der Waals surface area contributed by atoms with Crippen LogP contribution >= 0.6 is 11.3 Å². The van der Waals surface area contributed by atoms with Gasteiger partial charge in [-0.2, -0.15) is 0 Å². The number of hydrogen-bond acceptors (Lipinski definition) is 4. The molecule has 1 fully saturated rings. The van der Waals surface area contributed by atoms with Crippen molar-refractivity contribution in [3.05, 3.63) is 65.3 Å². The molecule has 164 valence electrons. The highest BCUT2D eigenvalue weighted by Crippen LogP contribution is 2.39. The summed E-state index contributed by atoms with van der Waals surface area (Å²) in [6, 6.07) is 15.1. The lowest BCUT2D eigenvalue weighted by molar-refractivity contribution is 0.146. The first-order chi connectivity index (χ1) is 15.0. The molecule has 1 aromatic heterocycles. The predicted molar refractivity (Wildman–Crippen MR) is 124 cm³/mol. The molecule has 31 heavy (non-hydrogen) atoms. The Kier molecular flexibility index (Phi) is 6.88. The van der Waals surface area contributed by atoms with E-state index < -0.39 is 6.09 Å². The molecule has 1 atom stereocenters. The number of amides is 1. The average molecular weight is 441 g/mol. The van der Waals surface area contributed by atoms with Gasteiger partial charge in [0.15, 0.2) is 5.75 Å². The monoisotopic (exact) mass is 440 g/mol. The quantitative estimate of drug-likeness (QED) is 0.493. The standard InChI is InChI=1S/C25H29FN2O2S/c1-28(2)24(19-6-5-7-20(26)14-19)18-12-10-17(11-13-18)15-27-25(29)30-22-16-31-23-9-4-3-8-21(22)23/h3-9,14,16-18,24H,10-13,15H2,1-2H3,(H,27,29). The SMILES string of the molecule is CN(C)C(c1cccc(F)c1)C1CCC(CNC(=O)Oc2csc3ccccc23)CC1. The molecule has 6 heteroatoms. The fraction of sp³-hybridized carbons (Fsp3) is 0.400. The zero-order chi connectivity index (χ0) is 21.8. The number of carbonyl (C=O) groups excluding carboxylic acids is 1. The molecule has 3 aromatic rings. The van der Waals surface area contributed by atoms with Gasteiger partial charge in [-0.05, 0) is 81.4 Å². The van der Waals surface area contributed by atoms with Crippen molar-refractivity contribution in [2.45, 2.75) is 31.7 Å². The lowest BCUT2D eigenvalue weighted by Gasteiger charge is -2.37. The smallest absolute Gasteiger partial charge is 0.409 e. The number of hydrogen-bond donors (Lipinski definition) is 1. The largest absolute Gasteiger partial charge is 0.412 e. The zero-order valence-electron chi connectivity index (χ0n) is 18.0. The van der Waals surface area contributed by atoms with Gasteiger partial charge in [-0.25, -0.2) is 9.18 Å². The Morgan fingerprint density at radius 2 is 1.94 bits per heavy atom. The van der Waals surface area contributed by atoms with Crippen molar-refractivity contribution in [3.63, 3.8) is 0 Å². The molecule has 1 aliphatic carbocycles. The minimum atomic E-state index is -0.392. The first-order valence-electron chi connectivity index (χ1n) is 10.8. The van der Waals surface area contributed by atoms with Crippen LogP contribution < -0.4 is 10.1 Å². The summed E-state index contributed by atoms with van der Waals surface area (Å²) in [6.45, 7) is 0.625. The maximum absolute atomic E-state index is 13.7. The number of rotatable bonds is 6. The van der Waals surface area contributed by atoms with Crippen LogP contribution in [0.15, 0.2) is 53.9 Å². The van der Waals surface area contributed by atoms with Gasteiger partial charge < -0.3 is 15.0 Å². The number of thiophene rings is 1. The van der Waals surface area contributed by atoms with Gasteiger partial charge in [0.05, 0.1) is 0 Å². The maximum Gasteiger partial charge on any atom is 0.412 e. The predicted octanol–water partition coefficient (Wildman–Crippen LogP) is 6.24. The summed E-state index contributed by atoms with van der Waals surface area (Å²) >= 11 is 1.57. The van der Waals surface area contributed by atoms with E-state index in [0.717, 1.165) is 41.3 Å². The second-order valence-corrected chi connectivity index (χ2v) is 9.52. The van der Waals surface area contributed by atoms with Gasteiger partial charge >= 0.3 is 6.09 Å². The number of carbonyl (C=O) groups is 1. The summed E-state index contributed by atoms with van der Waals surface area (Å²) in [7, 11) is 4.13. The Morgan fingerprint density at radius 1 is 1.16 bits per heavy atom. The van der Waals surface area contributed by atoms with Crippen molar-refractivity contribution in [1.29, 1.82) is 0 Å². The third-order valence-electron chi connectivity index (χ3n) is 6.27. The van der Waals surface area contributed by atoms with Crippen LogP contribution in [0.2, 0.25) is 0 Å². The maximum atomic E-state index is 13.7. The van der Waals surface area contributed by atoms with Gasteiger partial charge in [-0.15, -0.1) is 11.3 Å². The van der Waals surface area contributed by atoms with Crippen LogP contribution in [0, 0.1) is 17.7 Å². The molecule has 1 saturated carbocycles. The van der Waals surface area contributed by atoms with Crippen molar-refractivity contribution in [2.75, 3.05) is 20.6 Å². The van der Waals surface area contributed by atoms with Gasteiger partial charge in [0, 0.05) is 28.1 Å². The van der Waals surface area contributed by atoms with Crippen LogP contribution in [0.1, 0.15) is 37.3 Å². The molecule has 1 amide bonds. The third kappa shape index (κ3) is 5.25. The van der Waals surface area contributed by atoms with Gasteiger partial charge in [0.2, 0.25) is 0 Å². The summed E-state index contributed by atoms with van der Waals surface area (Å²) in [5, 5.41) is 5.79. The summed E-state index contributed by atoms with van der Waals surface area (Å²) < 4.78 is 20.4. The van der Waals surface area contributed by atoms with Crippen LogP contribution in [0.25, 0.3) is 10.1 Å². The lowest BCUT2D eigenvalue weighted by Crippen LogP contribution is -2.35.